The number of likely N-dealkylation sites (N-methyl/N-ethyl adjacent to an activating group) is 1. The molecule has 2 aliphatic rings. The monoisotopic (exact) mass is 421 g/mol. The summed E-state index contributed by atoms with van der Waals surface area (Å²) in [6, 6.07) is 9.60. The van der Waals surface area contributed by atoms with Crippen molar-refractivity contribution in [1.82, 2.24) is 9.80 Å². The smallest absolute Gasteiger partial charge is 0.254 e. The lowest BCUT2D eigenvalue weighted by molar-refractivity contribution is -0.138. The molecular weight excluding hydrogens is 390 g/mol. The second-order valence-corrected chi connectivity index (χ2v) is 8.88. The zero-order valence-electron chi connectivity index (χ0n) is 19.2. The summed E-state index contributed by atoms with van der Waals surface area (Å²) in [7, 11) is 5.18. The first-order chi connectivity index (χ1) is 14.7. The summed E-state index contributed by atoms with van der Waals surface area (Å²) in [5.41, 5.74) is 4.58. The van der Waals surface area contributed by atoms with Crippen LogP contribution in [0.5, 0.6) is 5.75 Å². The lowest BCUT2D eigenvalue weighted by atomic mass is 9.78. The SMILES string of the molecule is COc1cccc(C)c1C1(N2CCC[C@H]2C(=O)N(C)C)C(=O)Nc2cc(C)c(C)cc21. The fourth-order valence-corrected chi connectivity index (χ4v) is 5.23. The molecule has 2 aromatic rings. The highest BCUT2D eigenvalue weighted by Gasteiger charge is 2.58. The van der Waals surface area contributed by atoms with Crippen molar-refractivity contribution in [3.05, 3.63) is 58.1 Å². The van der Waals surface area contributed by atoms with Gasteiger partial charge in [0.25, 0.3) is 5.91 Å². The van der Waals surface area contributed by atoms with E-state index in [0.717, 1.165) is 46.3 Å². The van der Waals surface area contributed by atoms with Crippen LogP contribution in [0.4, 0.5) is 5.69 Å². The highest BCUT2D eigenvalue weighted by atomic mass is 16.5. The van der Waals surface area contributed by atoms with E-state index in [-0.39, 0.29) is 17.9 Å². The van der Waals surface area contributed by atoms with Crippen LogP contribution < -0.4 is 10.1 Å². The molecule has 2 amide bonds. The van der Waals surface area contributed by atoms with Gasteiger partial charge in [-0.1, -0.05) is 18.2 Å². The largest absolute Gasteiger partial charge is 0.496 e. The maximum absolute atomic E-state index is 14.0. The second kappa shape index (κ2) is 7.68. The topological polar surface area (TPSA) is 61.9 Å². The van der Waals surface area contributed by atoms with Gasteiger partial charge >= 0.3 is 0 Å². The van der Waals surface area contributed by atoms with Gasteiger partial charge in [0.1, 0.15) is 5.75 Å². The Kier molecular flexibility index (Phi) is 5.30. The summed E-state index contributed by atoms with van der Waals surface area (Å²) >= 11 is 0. The first kappa shape index (κ1) is 21.4. The number of carbonyl (C=O) groups is 2. The lowest BCUT2D eigenvalue weighted by Gasteiger charge is -2.42. The number of rotatable bonds is 4. The predicted molar refractivity (Wildman–Crippen MR) is 121 cm³/mol. The lowest BCUT2D eigenvalue weighted by Crippen LogP contribution is -2.57. The van der Waals surface area contributed by atoms with Gasteiger partial charge in [0.05, 0.1) is 13.2 Å². The molecule has 2 aliphatic heterocycles. The van der Waals surface area contributed by atoms with E-state index in [1.807, 2.05) is 38.1 Å². The van der Waals surface area contributed by atoms with E-state index in [2.05, 4.69) is 23.2 Å². The van der Waals surface area contributed by atoms with Gasteiger partial charge in [-0.15, -0.1) is 0 Å². The van der Waals surface area contributed by atoms with Crippen LogP contribution >= 0.6 is 0 Å². The summed E-state index contributed by atoms with van der Waals surface area (Å²) < 4.78 is 5.78. The maximum Gasteiger partial charge on any atom is 0.254 e. The van der Waals surface area contributed by atoms with Crippen molar-refractivity contribution in [2.45, 2.75) is 45.2 Å². The van der Waals surface area contributed by atoms with E-state index < -0.39 is 5.54 Å². The van der Waals surface area contributed by atoms with Crippen LogP contribution in [0.1, 0.15) is 40.7 Å². The van der Waals surface area contributed by atoms with Crippen LogP contribution in [0.15, 0.2) is 30.3 Å². The third-order valence-corrected chi connectivity index (χ3v) is 6.83. The average molecular weight is 422 g/mol. The molecule has 2 atom stereocenters. The number of benzene rings is 2. The zero-order chi connectivity index (χ0) is 22.5. The van der Waals surface area contributed by atoms with Crippen LogP contribution in [0.3, 0.4) is 0 Å². The summed E-state index contributed by atoms with van der Waals surface area (Å²) in [5, 5.41) is 3.14. The van der Waals surface area contributed by atoms with Crippen molar-refractivity contribution in [1.29, 1.82) is 0 Å². The van der Waals surface area contributed by atoms with Gasteiger partial charge in [0, 0.05) is 37.5 Å². The third-order valence-electron chi connectivity index (χ3n) is 6.83. The van der Waals surface area contributed by atoms with Gasteiger partial charge in [-0.3, -0.25) is 14.5 Å². The van der Waals surface area contributed by atoms with Crippen LogP contribution in [0, 0.1) is 20.8 Å². The number of aryl methyl sites for hydroxylation is 3. The summed E-state index contributed by atoms with van der Waals surface area (Å²) in [6.07, 6.45) is 1.58. The molecule has 1 N–H and O–H groups in total. The highest BCUT2D eigenvalue weighted by Crippen LogP contribution is 2.52. The van der Waals surface area contributed by atoms with E-state index in [4.69, 9.17) is 4.74 Å². The normalized spacial score (nSPS) is 22.9. The molecule has 0 bridgehead atoms. The molecule has 0 aromatic heterocycles. The molecule has 2 heterocycles. The number of nitrogens with one attached hydrogen (secondary N) is 1. The van der Waals surface area contributed by atoms with Gasteiger partial charge in [-0.2, -0.15) is 0 Å². The second-order valence-electron chi connectivity index (χ2n) is 8.88. The fourth-order valence-electron chi connectivity index (χ4n) is 5.23. The molecule has 31 heavy (non-hydrogen) atoms. The Hall–Kier alpha value is -2.86. The number of ether oxygens (including phenoxy) is 1. The number of amides is 2. The third kappa shape index (κ3) is 3.04. The number of carbonyl (C=O) groups excluding carboxylic acids is 2. The molecule has 4 rings (SSSR count). The molecule has 6 heteroatoms. The van der Waals surface area contributed by atoms with Crippen molar-refractivity contribution < 1.29 is 14.3 Å². The number of nitrogens with zero attached hydrogens (tertiary/aromatic N) is 2. The molecule has 1 unspecified atom stereocenters. The molecular formula is C25H31N3O3. The van der Waals surface area contributed by atoms with Crippen LogP contribution in [0.2, 0.25) is 0 Å². The molecule has 1 fully saturated rings. The molecule has 0 saturated carbocycles. The van der Waals surface area contributed by atoms with Crippen molar-refractivity contribution in [3.8, 4) is 5.75 Å². The average Bonchev–Trinajstić information content (AvgIpc) is 3.31. The van der Waals surface area contributed by atoms with Crippen LogP contribution in [-0.2, 0) is 15.1 Å². The number of likely N-dealkylation sites (tertiary alicyclic amines) is 1. The number of hydrogen-bond acceptors (Lipinski definition) is 4. The molecule has 6 nitrogen and oxygen atoms in total. The molecule has 1 saturated heterocycles. The Labute approximate surface area is 184 Å². The van der Waals surface area contributed by atoms with Gasteiger partial charge < -0.3 is 15.0 Å². The summed E-state index contributed by atoms with van der Waals surface area (Å²) in [4.78, 5) is 30.9. The van der Waals surface area contributed by atoms with Gasteiger partial charge in [-0.05, 0) is 62.4 Å². The van der Waals surface area contributed by atoms with Crippen molar-refractivity contribution >= 4 is 17.5 Å². The van der Waals surface area contributed by atoms with Gasteiger partial charge in [0.2, 0.25) is 5.91 Å². The number of hydrogen-bond donors (Lipinski definition) is 1. The van der Waals surface area contributed by atoms with E-state index in [0.29, 0.717) is 12.3 Å². The Balaban J connectivity index is 2.07. The highest BCUT2D eigenvalue weighted by molar-refractivity contribution is 6.09. The summed E-state index contributed by atoms with van der Waals surface area (Å²) in [5.74, 6) is 0.553. The molecule has 0 radical (unpaired) electrons. The summed E-state index contributed by atoms with van der Waals surface area (Å²) in [6.45, 7) is 6.77. The minimum Gasteiger partial charge on any atom is -0.496 e. The number of fused-ring (bicyclic) bond motifs is 1. The van der Waals surface area contributed by atoms with Crippen molar-refractivity contribution in [2.24, 2.45) is 0 Å². The quantitative estimate of drug-likeness (QED) is 0.822. The Bertz CT molecular complexity index is 1060. The molecule has 164 valence electrons. The minimum absolute atomic E-state index is 0.0227. The maximum atomic E-state index is 14.0. The van der Waals surface area contributed by atoms with E-state index >= 15 is 0 Å². The minimum atomic E-state index is -1.13. The van der Waals surface area contributed by atoms with Crippen LogP contribution in [-0.4, -0.2) is 55.4 Å². The van der Waals surface area contributed by atoms with Gasteiger partial charge in [0.15, 0.2) is 5.54 Å². The Morgan fingerprint density at radius 2 is 1.87 bits per heavy atom. The first-order valence-electron chi connectivity index (χ1n) is 10.8. The molecule has 0 spiro atoms. The number of methoxy groups -OCH3 is 1. The van der Waals surface area contributed by atoms with Crippen molar-refractivity contribution in [2.75, 3.05) is 33.1 Å². The Morgan fingerprint density at radius 3 is 2.55 bits per heavy atom. The van der Waals surface area contributed by atoms with E-state index in [1.54, 1.807) is 26.1 Å². The van der Waals surface area contributed by atoms with Gasteiger partial charge in [-0.25, -0.2) is 0 Å². The molecule has 2 aromatic carbocycles. The standard InChI is InChI=1S/C25H31N3O3/c1-15-9-7-11-21(31-6)22(15)25(28-12-8-10-20(28)23(29)27(4)5)18-13-16(2)17(3)14-19(18)26-24(25)30/h7,9,11,13-14,20H,8,10,12H2,1-6H3,(H,26,30)/t20-,25?/m0/s1. The fraction of sp³-hybridized carbons (Fsp3) is 0.440. The molecule has 0 aliphatic carbocycles. The Morgan fingerprint density at radius 1 is 1.16 bits per heavy atom. The predicted octanol–water partition coefficient (Wildman–Crippen LogP) is 3.37. The first-order valence-corrected chi connectivity index (χ1v) is 10.8. The zero-order valence-corrected chi connectivity index (χ0v) is 19.2. The van der Waals surface area contributed by atoms with E-state index in [1.165, 1.54) is 0 Å². The van der Waals surface area contributed by atoms with Crippen molar-refractivity contribution in [3.63, 3.8) is 0 Å². The number of anilines is 1. The van der Waals surface area contributed by atoms with Crippen LogP contribution in [0.25, 0.3) is 0 Å². The van der Waals surface area contributed by atoms with E-state index in [9.17, 15) is 9.59 Å².